The third kappa shape index (κ3) is 3.47. The van der Waals surface area contributed by atoms with Crippen LogP contribution >= 0.6 is 0 Å². The summed E-state index contributed by atoms with van der Waals surface area (Å²) in [5.41, 5.74) is 8.59. The second-order valence-electron chi connectivity index (χ2n) is 3.42. The average molecular weight is 191 g/mol. The predicted molar refractivity (Wildman–Crippen MR) is 55.6 cm³/mol. The van der Waals surface area contributed by atoms with E-state index in [4.69, 9.17) is 5.53 Å². The van der Waals surface area contributed by atoms with E-state index in [2.05, 4.69) is 29.0 Å². The summed E-state index contributed by atoms with van der Waals surface area (Å²) in [4.78, 5) is 5.13. The zero-order valence-electron chi connectivity index (χ0n) is 8.57. The van der Waals surface area contributed by atoms with E-state index in [1.807, 2.05) is 24.3 Å². The number of hydrogen-bond donors (Lipinski definition) is 1. The second-order valence-corrected chi connectivity index (χ2v) is 3.42. The molecule has 0 bridgehead atoms. The van der Waals surface area contributed by atoms with Gasteiger partial charge in [0.15, 0.2) is 10.8 Å². The summed E-state index contributed by atoms with van der Waals surface area (Å²) >= 11 is 0. The van der Waals surface area contributed by atoms with Crippen molar-refractivity contribution in [1.82, 2.24) is 9.81 Å². The van der Waals surface area contributed by atoms with Crippen LogP contribution in [-0.2, 0) is 6.42 Å². The number of benzene rings is 1. The van der Waals surface area contributed by atoms with Crippen LogP contribution in [0.2, 0.25) is 0 Å². The molecule has 0 fully saturated rings. The van der Waals surface area contributed by atoms with Gasteiger partial charge >= 0.3 is 0 Å². The van der Waals surface area contributed by atoms with Gasteiger partial charge in [0.25, 0.3) is 0 Å². The Kier molecular flexibility index (Phi) is 3.98. The van der Waals surface area contributed by atoms with Gasteiger partial charge in [-0.1, -0.05) is 12.1 Å². The van der Waals surface area contributed by atoms with E-state index < -0.39 is 0 Å². The highest BCUT2D eigenvalue weighted by Crippen LogP contribution is 2.12. The lowest BCUT2D eigenvalue weighted by Gasteiger charge is -2.08. The number of rotatable bonds is 4. The van der Waals surface area contributed by atoms with Gasteiger partial charge < -0.3 is 4.90 Å². The van der Waals surface area contributed by atoms with Crippen LogP contribution in [0.1, 0.15) is 5.56 Å². The highest BCUT2D eigenvalue weighted by Gasteiger charge is 1.97. The predicted octanol–water partition coefficient (Wildman–Crippen LogP) is 1.97. The molecule has 1 aromatic carbocycles. The van der Waals surface area contributed by atoms with Crippen molar-refractivity contribution in [2.24, 2.45) is 5.11 Å². The molecule has 1 rings (SSSR count). The first-order valence-corrected chi connectivity index (χ1v) is 4.53. The second kappa shape index (κ2) is 5.27. The lowest BCUT2D eigenvalue weighted by molar-refractivity contribution is 0.413. The Balaban J connectivity index is 2.59. The van der Waals surface area contributed by atoms with E-state index in [9.17, 15) is 0 Å². The lowest BCUT2D eigenvalue weighted by Crippen LogP contribution is -2.14. The maximum Gasteiger partial charge on any atom is 0.220 e. The van der Waals surface area contributed by atoms with Gasteiger partial charge in [-0.3, -0.25) is 0 Å². The first-order valence-electron chi connectivity index (χ1n) is 4.53. The number of likely N-dealkylation sites (N-methyl/N-ethyl adjacent to an activating group) is 1. The molecule has 0 amide bonds. The molecule has 0 spiro atoms. The van der Waals surface area contributed by atoms with E-state index in [0.29, 0.717) is 0 Å². The fraction of sp³-hybridized carbons (Fsp3) is 0.400. The fourth-order valence-corrected chi connectivity index (χ4v) is 1.14. The van der Waals surface area contributed by atoms with Crippen LogP contribution in [0.3, 0.4) is 0 Å². The summed E-state index contributed by atoms with van der Waals surface area (Å²) in [5.74, 6) is 0. The van der Waals surface area contributed by atoms with Crippen LogP contribution in [0.5, 0.6) is 0 Å². The van der Waals surface area contributed by atoms with E-state index >= 15 is 0 Å². The Morgan fingerprint density at radius 1 is 1.29 bits per heavy atom. The molecule has 0 aliphatic carbocycles. The van der Waals surface area contributed by atoms with E-state index in [1.54, 1.807) is 0 Å². The highest BCUT2D eigenvalue weighted by atomic mass is 15.1. The minimum Gasteiger partial charge on any atom is -0.309 e. The summed E-state index contributed by atoms with van der Waals surface area (Å²) < 4.78 is 0. The van der Waals surface area contributed by atoms with Gasteiger partial charge in [-0.2, -0.15) is 0 Å². The van der Waals surface area contributed by atoms with Crippen molar-refractivity contribution in [1.29, 1.82) is 5.53 Å². The first-order chi connectivity index (χ1) is 6.72. The van der Waals surface area contributed by atoms with Crippen LogP contribution in [0.4, 0.5) is 5.69 Å². The third-order valence-corrected chi connectivity index (χ3v) is 1.95. The van der Waals surface area contributed by atoms with E-state index in [-0.39, 0.29) is 0 Å². The Morgan fingerprint density at radius 3 is 2.43 bits per heavy atom. The van der Waals surface area contributed by atoms with Crippen LogP contribution < -0.4 is 4.91 Å². The molecule has 74 valence electrons. The molecule has 0 saturated heterocycles. The van der Waals surface area contributed by atoms with Crippen molar-refractivity contribution in [2.75, 3.05) is 20.6 Å². The molecule has 1 N–H and O–H groups in total. The minimum atomic E-state index is 0.730. The average Bonchev–Trinajstić information content (AvgIpc) is 2.17. The molecule has 14 heavy (non-hydrogen) atoms. The summed E-state index contributed by atoms with van der Waals surface area (Å²) in [7, 11) is 4.12. The SMILES string of the molecule is CN(C)CCc1ccc(N=[N+]=N)cc1. The van der Waals surface area contributed by atoms with Crippen molar-refractivity contribution in [2.45, 2.75) is 6.42 Å². The minimum absolute atomic E-state index is 0.730. The van der Waals surface area contributed by atoms with Gasteiger partial charge in [0.05, 0.1) is 0 Å². The Bertz CT molecular complexity index is 322. The van der Waals surface area contributed by atoms with Gasteiger partial charge in [-0.05, 0) is 38.2 Å². The molecular formula is C10H15N4+. The summed E-state index contributed by atoms with van der Waals surface area (Å²) in [6.45, 7) is 1.04. The van der Waals surface area contributed by atoms with Crippen LogP contribution in [0.25, 0.3) is 0 Å². The van der Waals surface area contributed by atoms with Gasteiger partial charge in [0.1, 0.15) is 5.53 Å². The van der Waals surface area contributed by atoms with Crippen molar-refractivity contribution in [3.8, 4) is 0 Å². The summed E-state index contributed by atoms with van der Waals surface area (Å²) in [6, 6.07) is 7.80. The third-order valence-electron chi connectivity index (χ3n) is 1.95. The molecule has 4 heteroatoms. The Labute approximate surface area is 83.8 Å². The Morgan fingerprint density at radius 2 is 1.93 bits per heavy atom. The maximum atomic E-state index is 6.58. The summed E-state index contributed by atoms with van der Waals surface area (Å²) in [6.07, 6.45) is 1.03. The summed E-state index contributed by atoms with van der Waals surface area (Å²) in [5, 5.41) is 3.62. The molecule has 0 atom stereocenters. The van der Waals surface area contributed by atoms with Crippen molar-refractivity contribution < 1.29 is 0 Å². The Hall–Kier alpha value is -1.51. The zero-order valence-corrected chi connectivity index (χ0v) is 8.57. The number of nitrogens with one attached hydrogen (secondary N) is 1. The van der Waals surface area contributed by atoms with Crippen molar-refractivity contribution >= 4 is 5.69 Å². The molecule has 0 heterocycles. The molecular weight excluding hydrogens is 176 g/mol. The standard InChI is InChI=1S/C10H15N4/c1-14(2)8-7-9-3-5-10(6-4-9)12-13-11/h3-6,11H,7-8H2,1-2H3/q+1. The molecule has 0 aromatic heterocycles. The van der Waals surface area contributed by atoms with Crippen LogP contribution in [-0.4, -0.2) is 25.5 Å². The van der Waals surface area contributed by atoms with Crippen LogP contribution in [0, 0.1) is 5.53 Å². The van der Waals surface area contributed by atoms with E-state index in [0.717, 1.165) is 18.7 Å². The number of hydrogen-bond acceptors (Lipinski definition) is 3. The van der Waals surface area contributed by atoms with Crippen molar-refractivity contribution in [3.63, 3.8) is 0 Å². The highest BCUT2D eigenvalue weighted by molar-refractivity contribution is 5.37. The van der Waals surface area contributed by atoms with Crippen molar-refractivity contribution in [3.05, 3.63) is 29.8 Å². The maximum absolute atomic E-state index is 6.58. The number of nitrogens with zero attached hydrogens (tertiary/aromatic N) is 3. The largest absolute Gasteiger partial charge is 0.309 e. The lowest BCUT2D eigenvalue weighted by atomic mass is 10.1. The normalized spacial score (nSPS) is 9.93. The smallest absolute Gasteiger partial charge is 0.220 e. The molecule has 4 nitrogen and oxygen atoms in total. The molecule has 0 aliphatic rings. The molecule has 1 aromatic rings. The molecule has 0 radical (unpaired) electrons. The monoisotopic (exact) mass is 191 g/mol. The zero-order chi connectivity index (χ0) is 10.4. The van der Waals surface area contributed by atoms with Gasteiger partial charge in [0, 0.05) is 6.54 Å². The molecule has 0 aliphatic heterocycles. The quantitative estimate of drug-likeness (QED) is 0.574. The van der Waals surface area contributed by atoms with E-state index in [1.165, 1.54) is 5.56 Å². The van der Waals surface area contributed by atoms with Gasteiger partial charge in [0.2, 0.25) is 4.91 Å². The topological polar surface area (TPSA) is 53.6 Å². The molecule has 0 unspecified atom stereocenters. The van der Waals surface area contributed by atoms with Crippen LogP contribution in [0.15, 0.2) is 29.4 Å². The first kappa shape index (κ1) is 10.6. The molecule has 0 saturated carbocycles. The van der Waals surface area contributed by atoms with Gasteiger partial charge in [-0.15, -0.1) is 0 Å². The van der Waals surface area contributed by atoms with Gasteiger partial charge in [-0.25, -0.2) is 0 Å². The fourth-order valence-electron chi connectivity index (χ4n) is 1.14.